The zero-order valence-electron chi connectivity index (χ0n) is 28.1. The molecule has 0 aromatic heterocycles. The van der Waals surface area contributed by atoms with Gasteiger partial charge in [0.2, 0.25) is 0 Å². The van der Waals surface area contributed by atoms with E-state index in [4.69, 9.17) is 14.2 Å². The number of carbonyl (C=O) groups excluding carboxylic acids is 2. The molecule has 0 aliphatic carbocycles. The second-order valence-corrected chi connectivity index (χ2v) is 11.0. The van der Waals surface area contributed by atoms with Gasteiger partial charge in [-0.15, -0.1) is 0 Å². The van der Waals surface area contributed by atoms with Gasteiger partial charge in [0.15, 0.2) is 0 Å². The molecule has 0 atom stereocenters. The van der Waals surface area contributed by atoms with Gasteiger partial charge >= 0.3 is 11.9 Å². The number of methoxy groups -OCH3 is 1. The predicted octanol–water partition coefficient (Wildman–Crippen LogP) is 8.57. The zero-order valence-corrected chi connectivity index (χ0v) is 28.1. The Kier molecular flexibility index (Phi) is 12.0. The van der Waals surface area contributed by atoms with E-state index in [0.29, 0.717) is 39.9 Å². The molecule has 0 fully saturated rings. The molecule has 0 bridgehead atoms. The summed E-state index contributed by atoms with van der Waals surface area (Å²) in [4.78, 5) is 47.6. The number of hydrogen-bond donors (Lipinski definition) is 5. The highest BCUT2D eigenvalue weighted by molar-refractivity contribution is 6.08. The van der Waals surface area contributed by atoms with E-state index in [1.165, 1.54) is 48.5 Å². The lowest BCUT2D eigenvalue weighted by molar-refractivity contribution is 0.0687. The van der Waals surface area contributed by atoms with E-state index in [1.807, 2.05) is 0 Å². The number of benzene rings is 6. The number of carbonyl (C=O) groups is 4. The Morgan fingerprint density at radius 1 is 0.472 bits per heavy atom. The number of ether oxygens (including phenoxy) is 3. The molecule has 6 aromatic carbocycles. The van der Waals surface area contributed by atoms with E-state index in [-0.39, 0.29) is 28.3 Å². The first-order chi connectivity index (χ1) is 25.6. The number of rotatable bonds is 11. The number of aromatic carboxylic acids is 2. The smallest absolute Gasteiger partial charge is 0.337 e. The molecule has 53 heavy (non-hydrogen) atoms. The van der Waals surface area contributed by atoms with E-state index < -0.39 is 23.8 Å². The highest BCUT2D eigenvalue weighted by Gasteiger charge is 2.17. The maximum Gasteiger partial charge on any atom is 0.337 e. The quantitative estimate of drug-likeness (QED) is 0.0873. The largest absolute Gasteiger partial charge is 0.508 e. The van der Waals surface area contributed by atoms with Crippen LogP contribution < -0.4 is 24.8 Å². The van der Waals surface area contributed by atoms with Gasteiger partial charge in [-0.3, -0.25) is 9.59 Å². The molecule has 0 radical (unpaired) electrons. The SMILES string of the molecule is COc1ccc(Oc2ccc(C(=O)O)c(NC(=O)c3ccccc3)c2)cc1.O=C(Nc1cc(Oc2ccc(O)cc2)ccc1C(=O)O)c1ccccc1. The van der Waals surface area contributed by atoms with Crippen molar-refractivity contribution in [2.24, 2.45) is 0 Å². The van der Waals surface area contributed by atoms with Gasteiger partial charge in [-0.2, -0.15) is 0 Å². The van der Waals surface area contributed by atoms with Crippen molar-refractivity contribution >= 4 is 35.1 Å². The third kappa shape index (κ3) is 10.2. The van der Waals surface area contributed by atoms with Gasteiger partial charge in [0.05, 0.1) is 29.6 Å². The van der Waals surface area contributed by atoms with Crippen LogP contribution in [-0.4, -0.2) is 46.2 Å². The van der Waals surface area contributed by atoms with Crippen LogP contribution in [-0.2, 0) is 0 Å². The standard InChI is InChI=1S/C21H17NO5.C20H15NO5/c1-26-15-7-9-16(10-8-15)27-17-11-12-18(21(24)25)19(13-17)22-20(23)14-5-3-2-4-6-14;22-14-6-8-15(9-7-14)26-16-10-11-17(20(24)25)18(12-16)21-19(23)13-4-2-1-3-5-13/h2-13H,1H3,(H,22,23)(H,24,25);1-12,22H,(H,21,23)(H,24,25). The Hall–Kier alpha value is -7.60. The molecule has 12 heteroatoms. The van der Waals surface area contributed by atoms with E-state index in [9.17, 15) is 34.5 Å². The fraction of sp³-hybridized carbons (Fsp3) is 0.0244. The molecule has 5 N–H and O–H groups in total. The van der Waals surface area contributed by atoms with E-state index in [0.717, 1.165) is 0 Å². The van der Waals surface area contributed by atoms with Crippen molar-refractivity contribution < 1.29 is 48.7 Å². The molecular formula is C41H32N2O10. The first kappa shape index (κ1) is 36.7. The second-order valence-electron chi connectivity index (χ2n) is 11.0. The number of amides is 2. The number of carboxylic acids is 2. The van der Waals surface area contributed by atoms with Crippen LogP contribution in [0.2, 0.25) is 0 Å². The van der Waals surface area contributed by atoms with Crippen molar-refractivity contribution in [3.05, 3.63) is 168 Å². The van der Waals surface area contributed by atoms with Crippen molar-refractivity contribution in [1.29, 1.82) is 0 Å². The molecule has 2 amide bonds. The first-order valence-corrected chi connectivity index (χ1v) is 15.9. The number of anilines is 2. The molecule has 6 rings (SSSR count). The summed E-state index contributed by atoms with van der Waals surface area (Å²) in [5.41, 5.74) is 1.04. The summed E-state index contributed by atoms with van der Waals surface area (Å²) in [7, 11) is 1.57. The lowest BCUT2D eigenvalue weighted by atomic mass is 10.1. The van der Waals surface area contributed by atoms with Gasteiger partial charge in [-0.25, -0.2) is 9.59 Å². The molecule has 0 unspecified atom stereocenters. The summed E-state index contributed by atoms with van der Waals surface area (Å²) >= 11 is 0. The van der Waals surface area contributed by atoms with E-state index in [2.05, 4.69) is 10.6 Å². The Labute approximate surface area is 303 Å². The first-order valence-electron chi connectivity index (χ1n) is 15.9. The number of phenols is 1. The maximum absolute atomic E-state index is 12.4. The fourth-order valence-corrected chi connectivity index (χ4v) is 4.75. The molecule has 266 valence electrons. The van der Waals surface area contributed by atoms with Crippen molar-refractivity contribution in [1.82, 2.24) is 0 Å². The Morgan fingerprint density at radius 2 is 0.830 bits per heavy atom. The maximum atomic E-state index is 12.4. The van der Waals surface area contributed by atoms with E-state index >= 15 is 0 Å². The molecular weight excluding hydrogens is 680 g/mol. The van der Waals surface area contributed by atoms with Crippen LogP contribution >= 0.6 is 0 Å². The average molecular weight is 713 g/mol. The zero-order chi connectivity index (χ0) is 37.7. The molecule has 0 aliphatic rings. The van der Waals surface area contributed by atoms with Crippen molar-refractivity contribution in [3.63, 3.8) is 0 Å². The molecule has 0 saturated heterocycles. The lowest BCUT2D eigenvalue weighted by Crippen LogP contribution is -2.14. The summed E-state index contributed by atoms with van der Waals surface area (Å²) in [6.07, 6.45) is 0. The lowest BCUT2D eigenvalue weighted by Gasteiger charge is -2.12. The molecule has 0 heterocycles. The summed E-state index contributed by atoms with van der Waals surface area (Å²) in [6.45, 7) is 0. The predicted molar refractivity (Wildman–Crippen MR) is 197 cm³/mol. The van der Waals surface area contributed by atoms with Gasteiger partial charge < -0.3 is 40.2 Å². The Bertz CT molecular complexity index is 2210. The van der Waals surface area contributed by atoms with Crippen LogP contribution in [0.25, 0.3) is 0 Å². The minimum Gasteiger partial charge on any atom is -0.508 e. The van der Waals surface area contributed by atoms with E-state index in [1.54, 1.807) is 104 Å². The van der Waals surface area contributed by atoms with Crippen molar-refractivity contribution in [3.8, 4) is 34.5 Å². The van der Waals surface area contributed by atoms with Gasteiger partial charge in [0.25, 0.3) is 11.8 Å². The summed E-state index contributed by atoms with van der Waals surface area (Å²) < 4.78 is 16.5. The number of aromatic hydroxyl groups is 1. The van der Waals surface area contributed by atoms with Crippen LogP contribution in [0.5, 0.6) is 34.5 Å². The van der Waals surface area contributed by atoms with Gasteiger partial charge in [-0.05, 0) is 97.1 Å². The second kappa shape index (κ2) is 17.4. The molecule has 6 aromatic rings. The summed E-state index contributed by atoms with van der Waals surface area (Å²) in [5, 5.41) is 33.3. The minimum absolute atomic E-state index is 0.0265. The Balaban J connectivity index is 0.000000204. The van der Waals surface area contributed by atoms with Gasteiger partial charge in [0.1, 0.15) is 34.5 Å². The summed E-state index contributed by atoms with van der Waals surface area (Å²) in [6, 6.07) is 38.8. The monoisotopic (exact) mass is 712 g/mol. The van der Waals surface area contributed by atoms with Crippen LogP contribution in [0.3, 0.4) is 0 Å². The van der Waals surface area contributed by atoms with Gasteiger partial charge in [-0.1, -0.05) is 36.4 Å². The third-order valence-electron chi connectivity index (χ3n) is 7.38. The topological polar surface area (TPSA) is 181 Å². The van der Waals surface area contributed by atoms with Crippen LogP contribution in [0, 0.1) is 0 Å². The summed E-state index contributed by atoms with van der Waals surface area (Å²) in [5.74, 6) is -0.565. The highest BCUT2D eigenvalue weighted by atomic mass is 16.5. The van der Waals surface area contributed by atoms with Gasteiger partial charge in [0, 0.05) is 23.3 Å². The minimum atomic E-state index is -1.16. The number of nitrogens with one attached hydrogen (secondary N) is 2. The molecule has 0 spiro atoms. The number of phenolic OH excluding ortho intramolecular Hbond substituents is 1. The fourth-order valence-electron chi connectivity index (χ4n) is 4.75. The molecule has 12 nitrogen and oxygen atoms in total. The van der Waals surface area contributed by atoms with Crippen molar-refractivity contribution in [2.75, 3.05) is 17.7 Å². The molecule has 0 aliphatic heterocycles. The van der Waals surface area contributed by atoms with Crippen LogP contribution in [0.1, 0.15) is 41.4 Å². The third-order valence-corrected chi connectivity index (χ3v) is 7.38. The number of carboxylic acid groups (broad SMARTS) is 2. The van der Waals surface area contributed by atoms with Crippen LogP contribution in [0.15, 0.2) is 146 Å². The van der Waals surface area contributed by atoms with Crippen LogP contribution in [0.4, 0.5) is 11.4 Å². The highest BCUT2D eigenvalue weighted by Crippen LogP contribution is 2.30. The Morgan fingerprint density at radius 3 is 1.21 bits per heavy atom. The average Bonchev–Trinajstić information content (AvgIpc) is 3.17. The molecule has 0 saturated carbocycles. The van der Waals surface area contributed by atoms with Crippen molar-refractivity contribution in [2.45, 2.75) is 0 Å². The number of hydrogen-bond acceptors (Lipinski definition) is 8. The normalized spacial score (nSPS) is 10.1.